The molecule has 0 aliphatic heterocycles. The number of amides is 1. The van der Waals surface area contributed by atoms with E-state index in [0.717, 1.165) is 33.2 Å². The van der Waals surface area contributed by atoms with Crippen LogP contribution in [0.1, 0.15) is 43.8 Å². The summed E-state index contributed by atoms with van der Waals surface area (Å²) in [5.41, 5.74) is 5.43. The summed E-state index contributed by atoms with van der Waals surface area (Å²) in [4.78, 5) is 18.0. The van der Waals surface area contributed by atoms with Gasteiger partial charge >= 0.3 is 0 Å². The van der Waals surface area contributed by atoms with Crippen LogP contribution in [0, 0.1) is 48.6 Å². The zero-order valence-corrected chi connectivity index (χ0v) is 19.8. The molecule has 1 aliphatic carbocycles. The van der Waals surface area contributed by atoms with Gasteiger partial charge in [-0.25, -0.2) is 4.98 Å². The van der Waals surface area contributed by atoms with Gasteiger partial charge in [-0.05, 0) is 65.8 Å². The van der Waals surface area contributed by atoms with Crippen LogP contribution in [0.3, 0.4) is 0 Å². The molecule has 6 heteroatoms. The number of nitrogens with zero attached hydrogens (tertiary/aromatic N) is 1. The molecule has 1 atom stereocenters. The van der Waals surface area contributed by atoms with Crippen molar-refractivity contribution in [2.45, 2.75) is 33.9 Å². The van der Waals surface area contributed by atoms with Gasteiger partial charge in [0.05, 0.1) is 5.69 Å². The standard InChI is InChI=1S/C27H25N3O2S/c1-14-11-15(2)23(16(3)12-14)29-26(32)24-17(4)28-27(33-24)30-25(31)18-9-10-21-19-7-5-6-8-20(19)22(21)13-18/h5-13,25,31H,1-4H3,(H,28,30)(H,29,32). The third kappa shape index (κ3) is 3.81. The van der Waals surface area contributed by atoms with Gasteiger partial charge in [0.15, 0.2) is 11.4 Å². The Labute approximate surface area is 195 Å². The molecule has 33 heavy (non-hydrogen) atoms. The lowest BCUT2D eigenvalue weighted by Gasteiger charge is -2.14. The van der Waals surface area contributed by atoms with Crippen LogP contribution in [-0.4, -0.2) is 16.0 Å². The predicted molar refractivity (Wildman–Crippen MR) is 132 cm³/mol. The number of aliphatic hydroxyl groups is 1. The highest BCUT2D eigenvalue weighted by atomic mass is 32.1. The number of fused-ring (bicyclic) bond motifs is 2. The quantitative estimate of drug-likeness (QED) is 0.301. The van der Waals surface area contributed by atoms with Crippen LogP contribution < -0.4 is 10.6 Å². The summed E-state index contributed by atoms with van der Waals surface area (Å²) in [6.45, 7) is 7.83. The minimum atomic E-state index is -0.925. The molecule has 5 nitrogen and oxygen atoms in total. The van der Waals surface area contributed by atoms with E-state index in [0.29, 0.717) is 15.7 Å². The second-order valence-electron chi connectivity index (χ2n) is 8.56. The summed E-state index contributed by atoms with van der Waals surface area (Å²) in [6.07, 6.45) is -0.925. The maximum atomic E-state index is 13.0. The van der Waals surface area contributed by atoms with E-state index in [9.17, 15) is 9.90 Å². The highest BCUT2D eigenvalue weighted by molar-refractivity contribution is 7.17. The molecule has 5 rings (SSSR count). The first-order valence-corrected chi connectivity index (χ1v) is 11.7. The van der Waals surface area contributed by atoms with Crippen molar-refractivity contribution in [2.75, 3.05) is 10.6 Å². The molecular formula is C27H25N3O2S. The van der Waals surface area contributed by atoms with E-state index in [1.54, 1.807) is 6.92 Å². The third-order valence-corrected chi connectivity index (χ3v) is 7.13. The van der Waals surface area contributed by atoms with Gasteiger partial charge in [-0.15, -0.1) is 0 Å². The fourth-order valence-corrected chi connectivity index (χ4v) is 5.38. The van der Waals surface area contributed by atoms with Crippen molar-refractivity contribution in [1.29, 1.82) is 0 Å². The van der Waals surface area contributed by atoms with Crippen LogP contribution in [0.4, 0.5) is 10.8 Å². The van der Waals surface area contributed by atoms with E-state index in [2.05, 4.69) is 39.9 Å². The van der Waals surface area contributed by atoms with Gasteiger partial charge in [0.2, 0.25) is 0 Å². The van der Waals surface area contributed by atoms with Crippen LogP contribution in [0.2, 0.25) is 0 Å². The van der Waals surface area contributed by atoms with E-state index in [1.165, 1.54) is 27.0 Å². The Morgan fingerprint density at radius 2 is 1.55 bits per heavy atom. The monoisotopic (exact) mass is 455 g/mol. The molecule has 1 aromatic heterocycles. The molecule has 1 unspecified atom stereocenters. The van der Waals surface area contributed by atoms with Gasteiger partial charge in [-0.1, -0.05) is 65.4 Å². The summed E-state index contributed by atoms with van der Waals surface area (Å²) in [6, 6.07) is 18.3. The Balaban J connectivity index is 1.36. The Morgan fingerprint density at radius 1 is 0.909 bits per heavy atom. The smallest absolute Gasteiger partial charge is 0.267 e. The van der Waals surface area contributed by atoms with Gasteiger partial charge in [0.1, 0.15) is 4.88 Å². The molecule has 1 amide bonds. The number of carbonyl (C=O) groups excluding carboxylic acids is 1. The predicted octanol–water partition coefficient (Wildman–Crippen LogP) is 5.62. The number of aliphatic hydroxyl groups excluding tert-OH is 1. The largest absolute Gasteiger partial charge is 0.369 e. The molecule has 3 aromatic carbocycles. The van der Waals surface area contributed by atoms with Crippen molar-refractivity contribution < 1.29 is 9.90 Å². The number of hydrogen-bond acceptors (Lipinski definition) is 5. The highest BCUT2D eigenvalue weighted by Gasteiger charge is 2.19. The van der Waals surface area contributed by atoms with Crippen molar-refractivity contribution >= 4 is 28.1 Å². The molecule has 166 valence electrons. The first-order valence-electron chi connectivity index (χ1n) is 10.9. The lowest BCUT2D eigenvalue weighted by atomic mass is 9.99. The number of benzene rings is 3. The van der Waals surface area contributed by atoms with Crippen LogP contribution in [0.25, 0.3) is 0 Å². The fourth-order valence-electron chi connectivity index (χ4n) is 4.50. The Bertz CT molecular complexity index is 1580. The number of aryl methyl sites for hydroxylation is 4. The molecule has 0 saturated carbocycles. The van der Waals surface area contributed by atoms with Crippen molar-refractivity contribution in [3.05, 3.63) is 108 Å². The number of thiazole rings is 1. The van der Waals surface area contributed by atoms with Crippen molar-refractivity contribution in [3.63, 3.8) is 0 Å². The Hall–Kier alpha value is -3.48. The summed E-state index contributed by atoms with van der Waals surface area (Å²) in [5, 5.41) is 22.2. The summed E-state index contributed by atoms with van der Waals surface area (Å²) in [5.74, 6) is -0.194. The fraction of sp³-hybridized carbons (Fsp3) is 0.185. The van der Waals surface area contributed by atoms with E-state index < -0.39 is 6.23 Å². The summed E-state index contributed by atoms with van der Waals surface area (Å²) in [7, 11) is 0. The van der Waals surface area contributed by atoms with Gasteiger partial charge < -0.3 is 15.7 Å². The first-order chi connectivity index (χ1) is 15.8. The number of rotatable bonds is 5. The lowest BCUT2D eigenvalue weighted by Crippen LogP contribution is -2.13. The Kier molecular flexibility index (Phi) is 5.27. The minimum absolute atomic E-state index is 0.194. The zero-order valence-electron chi connectivity index (χ0n) is 19.0. The molecule has 0 spiro atoms. The Morgan fingerprint density at radius 3 is 2.24 bits per heavy atom. The third-order valence-electron chi connectivity index (χ3n) is 6.05. The number of hydrogen-bond donors (Lipinski definition) is 3. The van der Waals surface area contributed by atoms with Crippen molar-refractivity contribution in [3.8, 4) is 0 Å². The van der Waals surface area contributed by atoms with Gasteiger partial charge in [0, 0.05) is 11.3 Å². The topological polar surface area (TPSA) is 74.2 Å². The molecular weight excluding hydrogens is 430 g/mol. The first kappa shape index (κ1) is 21.4. The van der Waals surface area contributed by atoms with E-state index >= 15 is 0 Å². The second-order valence-corrected chi connectivity index (χ2v) is 9.56. The van der Waals surface area contributed by atoms with E-state index in [-0.39, 0.29) is 5.91 Å². The lowest BCUT2D eigenvalue weighted by molar-refractivity contribution is 0.102. The SMILES string of the molecule is Cc1cc(C)c(NC(=O)c2sc(NC(O)c3ccc4c(c3)=c3ccccc3=4)nc2C)c(C)c1. The number of nitrogens with one attached hydrogen (secondary N) is 2. The number of aromatic nitrogens is 1. The van der Waals surface area contributed by atoms with Crippen LogP contribution in [0.15, 0.2) is 54.6 Å². The number of anilines is 2. The molecule has 0 bridgehead atoms. The zero-order chi connectivity index (χ0) is 23.3. The van der Waals surface area contributed by atoms with Gasteiger partial charge in [0.25, 0.3) is 5.91 Å². The highest BCUT2D eigenvalue weighted by Crippen LogP contribution is 2.29. The molecule has 0 fully saturated rings. The van der Waals surface area contributed by atoms with Crippen LogP contribution >= 0.6 is 11.3 Å². The van der Waals surface area contributed by atoms with Crippen LogP contribution in [0.5, 0.6) is 0 Å². The molecule has 1 aliphatic rings. The average Bonchev–Trinajstić information content (AvgIpc) is 3.14. The minimum Gasteiger partial charge on any atom is -0.369 e. The van der Waals surface area contributed by atoms with Crippen molar-refractivity contribution in [1.82, 2.24) is 4.98 Å². The molecule has 1 heterocycles. The maximum Gasteiger partial charge on any atom is 0.267 e. The molecule has 4 aromatic rings. The van der Waals surface area contributed by atoms with E-state index in [1.807, 2.05) is 51.1 Å². The molecule has 0 radical (unpaired) electrons. The number of carbonyl (C=O) groups is 1. The molecule has 3 N–H and O–H groups in total. The summed E-state index contributed by atoms with van der Waals surface area (Å²) >= 11 is 1.24. The summed E-state index contributed by atoms with van der Waals surface area (Å²) < 4.78 is 0. The maximum absolute atomic E-state index is 13.0. The average molecular weight is 456 g/mol. The van der Waals surface area contributed by atoms with Gasteiger partial charge in [-0.3, -0.25) is 4.79 Å². The molecule has 0 saturated heterocycles. The second kappa shape index (κ2) is 8.14. The van der Waals surface area contributed by atoms with E-state index in [4.69, 9.17) is 0 Å². The van der Waals surface area contributed by atoms with Gasteiger partial charge in [-0.2, -0.15) is 0 Å². The van der Waals surface area contributed by atoms with Crippen LogP contribution in [-0.2, 0) is 0 Å². The normalized spacial score (nSPS) is 12.4. The van der Waals surface area contributed by atoms with Crippen molar-refractivity contribution in [2.24, 2.45) is 0 Å².